The number of hydrogen-bond acceptors (Lipinski definition) is 3. The van der Waals surface area contributed by atoms with Crippen LogP contribution in [0.1, 0.15) is 48.7 Å². The predicted octanol–water partition coefficient (Wildman–Crippen LogP) is 2.88. The van der Waals surface area contributed by atoms with E-state index >= 15 is 0 Å². The highest BCUT2D eigenvalue weighted by atomic mass is 16.6. The van der Waals surface area contributed by atoms with Gasteiger partial charge in [-0.15, -0.1) is 0 Å². The Morgan fingerprint density at radius 1 is 1.30 bits per heavy atom. The monoisotopic (exact) mass is 275 g/mol. The van der Waals surface area contributed by atoms with E-state index in [1.54, 1.807) is 0 Å². The van der Waals surface area contributed by atoms with Crippen LogP contribution in [0.2, 0.25) is 0 Å². The van der Waals surface area contributed by atoms with Crippen LogP contribution in [-0.4, -0.2) is 24.0 Å². The summed E-state index contributed by atoms with van der Waals surface area (Å²) in [5.41, 5.74) is 2.64. The quantitative estimate of drug-likeness (QED) is 0.922. The number of ether oxygens (including phenoxy) is 1. The zero-order valence-corrected chi connectivity index (χ0v) is 12.3. The van der Waals surface area contributed by atoms with Crippen molar-refractivity contribution in [3.63, 3.8) is 0 Å². The first kappa shape index (κ1) is 14.6. The van der Waals surface area contributed by atoms with Crippen molar-refractivity contribution in [2.75, 3.05) is 6.54 Å². The van der Waals surface area contributed by atoms with E-state index in [0.29, 0.717) is 13.0 Å². The van der Waals surface area contributed by atoms with E-state index in [9.17, 15) is 9.59 Å². The molecule has 0 atom stereocenters. The number of benzene rings is 1. The van der Waals surface area contributed by atoms with Gasteiger partial charge in [-0.3, -0.25) is 4.79 Å². The second-order valence-corrected chi connectivity index (χ2v) is 6.09. The number of rotatable bonds is 3. The molecule has 1 aliphatic rings. The second kappa shape index (κ2) is 5.65. The molecule has 4 heteroatoms. The van der Waals surface area contributed by atoms with Crippen molar-refractivity contribution in [2.45, 2.75) is 45.6 Å². The van der Waals surface area contributed by atoms with Gasteiger partial charge in [-0.05, 0) is 44.7 Å². The van der Waals surface area contributed by atoms with E-state index in [1.165, 1.54) is 0 Å². The van der Waals surface area contributed by atoms with Gasteiger partial charge in [0.25, 0.3) is 0 Å². The van der Waals surface area contributed by atoms with Gasteiger partial charge in [0.1, 0.15) is 5.60 Å². The minimum atomic E-state index is -0.474. The Labute approximate surface area is 119 Å². The summed E-state index contributed by atoms with van der Waals surface area (Å²) in [6, 6.07) is 5.92. The molecule has 1 aliphatic carbocycles. The fourth-order valence-corrected chi connectivity index (χ4v) is 2.29. The van der Waals surface area contributed by atoms with E-state index < -0.39 is 11.7 Å². The van der Waals surface area contributed by atoms with Crippen LogP contribution in [0.4, 0.5) is 4.79 Å². The van der Waals surface area contributed by atoms with Gasteiger partial charge >= 0.3 is 6.09 Å². The summed E-state index contributed by atoms with van der Waals surface area (Å²) in [6.45, 7) is 6.04. The summed E-state index contributed by atoms with van der Waals surface area (Å²) in [5, 5.41) is 2.74. The molecule has 0 saturated heterocycles. The maximum atomic E-state index is 11.5. The summed E-state index contributed by atoms with van der Waals surface area (Å²) in [5.74, 6) is 0.235. The van der Waals surface area contributed by atoms with Crippen molar-refractivity contribution >= 4 is 11.9 Å². The first-order chi connectivity index (χ1) is 9.35. The molecule has 1 N–H and O–H groups in total. The first-order valence-corrected chi connectivity index (χ1v) is 6.97. The van der Waals surface area contributed by atoms with Gasteiger partial charge in [-0.2, -0.15) is 0 Å². The van der Waals surface area contributed by atoms with Crippen LogP contribution in [0.25, 0.3) is 0 Å². The molecule has 108 valence electrons. The molecular weight excluding hydrogens is 254 g/mol. The highest BCUT2D eigenvalue weighted by Crippen LogP contribution is 2.23. The SMILES string of the molecule is CC(C)(C)OC(=O)NCCc1ccc2c(c1)CCC2=O. The summed E-state index contributed by atoms with van der Waals surface area (Å²) in [4.78, 5) is 23.0. The molecular formula is C16H21NO3. The van der Waals surface area contributed by atoms with Gasteiger partial charge in [0.15, 0.2) is 5.78 Å². The van der Waals surface area contributed by atoms with Crippen molar-refractivity contribution in [2.24, 2.45) is 0 Å². The lowest BCUT2D eigenvalue weighted by Crippen LogP contribution is -2.33. The highest BCUT2D eigenvalue weighted by molar-refractivity contribution is 6.00. The predicted molar refractivity (Wildman–Crippen MR) is 77.0 cm³/mol. The minimum Gasteiger partial charge on any atom is -0.444 e. The van der Waals surface area contributed by atoms with Crippen LogP contribution in [0.5, 0.6) is 0 Å². The molecule has 1 amide bonds. The van der Waals surface area contributed by atoms with Crippen molar-refractivity contribution in [3.05, 3.63) is 34.9 Å². The molecule has 0 spiro atoms. The molecule has 1 aromatic rings. The molecule has 0 unspecified atom stereocenters. The lowest BCUT2D eigenvalue weighted by atomic mass is 10.0. The van der Waals surface area contributed by atoms with E-state index in [1.807, 2.05) is 32.9 Å². The van der Waals surface area contributed by atoms with Crippen LogP contribution in [0.15, 0.2) is 18.2 Å². The third-order valence-corrected chi connectivity index (χ3v) is 3.17. The molecule has 0 saturated carbocycles. The van der Waals surface area contributed by atoms with Gasteiger partial charge in [0.05, 0.1) is 0 Å². The van der Waals surface area contributed by atoms with E-state index in [0.717, 1.165) is 29.5 Å². The number of carbonyl (C=O) groups is 2. The number of carbonyl (C=O) groups excluding carboxylic acids is 2. The van der Waals surface area contributed by atoms with Crippen LogP contribution in [-0.2, 0) is 17.6 Å². The number of aryl methyl sites for hydroxylation is 1. The Kier molecular flexibility index (Phi) is 4.12. The zero-order chi connectivity index (χ0) is 14.8. The lowest BCUT2D eigenvalue weighted by Gasteiger charge is -2.19. The zero-order valence-electron chi connectivity index (χ0n) is 12.3. The molecule has 1 aromatic carbocycles. The number of amides is 1. The lowest BCUT2D eigenvalue weighted by molar-refractivity contribution is 0.0528. The Bertz CT molecular complexity index is 529. The molecule has 0 aliphatic heterocycles. The van der Waals surface area contributed by atoms with Crippen molar-refractivity contribution in [3.8, 4) is 0 Å². The van der Waals surface area contributed by atoms with E-state index in [4.69, 9.17) is 4.74 Å². The second-order valence-electron chi connectivity index (χ2n) is 6.09. The molecule has 0 radical (unpaired) electrons. The smallest absolute Gasteiger partial charge is 0.407 e. The molecule has 0 aromatic heterocycles. The van der Waals surface area contributed by atoms with Crippen LogP contribution >= 0.6 is 0 Å². The van der Waals surface area contributed by atoms with Crippen molar-refractivity contribution < 1.29 is 14.3 Å². The molecule has 2 rings (SSSR count). The minimum absolute atomic E-state index is 0.235. The molecule has 0 bridgehead atoms. The number of Topliss-reactive ketones (excluding diaryl/α,β-unsaturated/α-hetero) is 1. The molecule has 20 heavy (non-hydrogen) atoms. The largest absolute Gasteiger partial charge is 0.444 e. The fraction of sp³-hybridized carbons (Fsp3) is 0.500. The topological polar surface area (TPSA) is 55.4 Å². The normalized spacial score (nSPS) is 14.1. The van der Waals surface area contributed by atoms with Gasteiger partial charge in [0, 0.05) is 18.5 Å². The summed E-state index contributed by atoms with van der Waals surface area (Å²) < 4.78 is 5.17. The van der Waals surface area contributed by atoms with Crippen molar-refractivity contribution in [1.29, 1.82) is 0 Å². The summed E-state index contributed by atoms with van der Waals surface area (Å²) in [6.07, 6.45) is 1.80. The Morgan fingerprint density at radius 2 is 2.05 bits per heavy atom. The molecule has 0 fully saturated rings. The highest BCUT2D eigenvalue weighted by Gasteiger charge is 2.19. The number of ketones is 1. The Balaban J connectivity index is 1.83. The fourth-order valence-electron chi connectivity index (χ4n) is 2.29. The Hall–Kier alpha value is -1.84. The average molecular weight is 275 g/mol. The third-order valence-electron chi connectivity index (χ3n) is 3.17. The summed E-state index contributed by atoms with van der Waals surface area (Å²) in [7, 11) is 0. The van der Waals surface area contributed by atoms with Crippen molar-refractivity contribution in [1.82, 2.24) is 5.32 Å². The Morgan fingerprint density at radius 3 is 2.75 bits per heavy atom. The number of fused-ring (bicyclic) bond motifs is 1. The maximum Gasteiger partial charge on any atom is 0.407 e. The number of alkyl carbamates (subject to hydrolysis) is 1. The standard InChI is InChI=1S/C16H21NO3/c1-16(2,3)20-15(19)17-9-8-11-4-6-13-12(10-11)5-7-14(13)18/h4,6,10H,5,7-9H2,1-3H3,(H,17,19). The average Bonchev–Trinajstić information content (AvgIpc) is 2.68. The van der Waals surface area contributed by atoms with Crippen LogP contribution < -0.4 is 5.32 Å². The van der Waals surface area contributed by atoms with Gasteiger partial charge in [-0.1, -0.05) is 18.2 Å². The van der Waals surface area contributed by atoms with E-state index in [2.05, 4.69) is 11.4 Å². The molecule has 4 nitrogen and oxygen atoms in total. The molecule has 0 heterocycles. The van der Waals surface area contributed by atoms with Gasteiger partial charge < -0.3 is 10.1 Å². The number of hydrogen-bond donors (Lipinski definition) is 1. The third kappa shape index (κ3) is 3.83. The van der Waals surface area contributed by atoms with Crippen LogP contribution in [0.3, 0.4) is 0 Å². The summed E-state index contributed by atoms with van der Waals surface area (Å²) >= 11 is 0. The van der Waals surface area contributed by atoms with Gasteiger partial charge in [-0.25, -0.2) is 4.79 Å². The number of nitrogens with one attached hydrogen (secondary N) is 1. The van der Waals surface area contributed by atoms with E-state index in [-0.39, 0.29) is 5.78 Å². The van der Waals surface area contributed by atoms with Crippen LogP contribution in [0, 0.1) is 0 Å². The first-order valence-electron chi connectivity index (χ1n) is 6.97. The van der Waals surface area contributed by atoms with Gasteiger partial charge in [0.2, 0.25) is 0 Å². The maximum absolute atomic E-state index is 11.5.